The second kappa shape index (κ2) is 12.1. The van der Waals surface area contributed by atoms with Crippen LogP contribution in [-0.4, -0.2) is 18.2 Å². The molecular formula is C6H13Cl2Mg. The molecule has 0 nitrogen and oxygen atoms in total. The van der Waals surface area contributed by atoms with E-state index in [4.69, 9.17) is 18.1 Å². The molecule has 0 unspecified atom stereocenters. The van der Waals surface area contributed by atoms with Gasteiger partial charge < -0.3 is 18.1 Å². The van der Waals surface area contributed by atoms with Gasteiger partial charge in [-0.2, -0.15) is 0 Å². The molecule has 0 N–H and O–H groups in total. The van der Waals surface area contributed by atoms with Crippen LogP contribution in [-0.2, 0) is 0 Å². The van der Waals surface area contributed by atoms with E-state index in [2.05, 4.69) is 20.8 Å². The first-order valence-electron chi connectivity index (χ1n) is 3.10. The lowest BCUT2D eigenvalue weighted by atomic mass is 10.1. The van der Waals surface area contributed by atoms with Crippen molar-refractivity contribution in [3.05, 3.63) is 6.92 Å². The van der Waals surface area contributed by atoms with Crippen molar-refractivity contribution in [2.75, 3.05) is 0 Å². The Bertz CT molecular complexity index is 40.0. The summed E-state index contributed by atoms with van der Waals surface area (Å²) in [5.74, 6) is 0.836. The molecule has 53 valence electrons. The van der Waals surface area contributed by atoms with Gasteiger partial charge in [-0.25, -0.2) is 0 Å². The molecule has 0 bridgehead atoms. The Morgan fingerprint density at radius 3 is 1.78 bits per heavy atom. The maximum absolute atomic E-state index is 4.90. The molecular weight excluding hydrogens is 167 g/mol. The van der Waals surface area contributed by atoms with Gasteiger partial charge in [0.25, 0.3) is 0 Å². The van der Waals surface area contributed by atoms with Gasteiger partial charge in [-0.1, -0.05) is 33.6 Å². The molecule has 0 aromatic rings. The quantitative estimate of drug-likeness (QED) is 0.572. The number of hydrogen-bond donors (Lipinski definition) is 0. The van der Waals surface area contributed by atoms with Crippen LogP contribution < -0.4 is 0 Å². The van der Waals surface area contributed by atoms with Gasteiger partial charge in [0.15, 0.2) is 0 Å². The fourth-order valence-corrected chi connectivity index (χ4v) is 0.408. The van der Waals surface area contributed by atoms with Crippen molar-refractivity contribution < 1.29 is 0 Å². The SMILES string of the molecule is [CH2]CCC(C)C.[Cl][Mg][Cl]. The first-order chi connectivity index (χ1) is 4.18. The van der Waals surface area contributed by atoms with Crippen molar-refractivity contribution in [1.29, 1.82) is 0 Å². The predicted octanol–water partition coefficient (Wildman–Crippen LogP) is 3.25. The van der Waals surface area contributed by atoms with E-state index < -0.39 is 18.2 Å². The molecule has 0 aromatic heterocycles. The van der Waals surface area contributed by atoms with Crippen LogP contribution in [0.5, 0.6) is 0 Å². The standard InChI is InChI=1S/C6H13.2ClH.Mg/c1-4-5-6(2)3;;;/h6H,1,4-5H2,2-3H3;2*1H;/q;;;+2/p-2. The highest BCUT2D eigenvalue weighted by Crippen LogP contribution is 2.00. The van der Waals surface area contributed by atoms with E-state index in [-0.39, 0.29) is 0 Å². The zero-order chi connectivity index (χ0) is 7.70. The minimum atomic E-state index is -0.639. The summed E-state index contributed by atoms with van der Waals surface area (Å²) in [5.41, 5.74) is 0. The van der Waals surface area contributed by atoms with Crippen LogP contribution >= 0.6 is 18.1 Å². The lowest BCUT2D eigenvalue weighted by Crippen LogP contribution is -1.81. The van der Waals surface area contributed by atoms with Gasteiger partial charge in [0, 0.05) is 0 Å². The largest absolute Gasteiger partial charge is 0.618 e. The second-order valence-corrected chi connectivity index (χ2v) is 4.76. The third-order valence-corrected chi connectivity index (χ3v) is 0.781. The molecule has 0 aliphatic heterocycles. The summed E-state index contributed by atoms with van der Waals surface area (Å²) in [5, 5.41) is 0. The van der Waals surface area contributed by atoms with E-state index in [1.165, 1.54) is 6.42 Å². The Hall–Kier alpha value is 1.35. The monoisotopic (exact) mass is 179 g/mol. The molecule has 0 amide bonds. The fraction of sp³-hybridized carbons (Fsp3) is 0.833. The molecule has 0 fully saturated rings. The number of rotatable bonds is 2. The zero-order valence-electron chi connectivity index (χ0n) is 6.16. The molecule has 0 rings (SSSR count). The Labute approximate surface area is 75.6 Å². The van der Waals surface area contributed by atoms with Crippen LogP contribution in [0.15, 0.2) is 0 Å². The molecule has 0 aliphatic rings. The normalized spacial score (nSPS) is 7.78. The predicted molar refractivity (Wildman–Crippen MR) is 46.9 cm³/mol. The van der Waals surface area contributed by atoms with Gasteiger partial charge in [-0.05, 0) is 5.92 Å². The van der Waals surface area contributed by atoms with Crippen LogP contribution in [0, 0.1) is 12.8 Å². The van der Waals surface area contributed by atoms with Crippen molar-refractivity contribution in [2.45, 2.75) is 26.7 Å². The highest BCUT2D eigenvalue weighted by Gasteiger charge is 1.85. The van der Waals surface area contributed by atoms with Gasteiger partial charge >= 0.3 is 18.2 Å². The molecule has 0 saturated carbocycles. The maximum atomic E-state index is 4.90. The van der Waals surface area contributed by atoms with Crippen LogP contribution in [0.2, 0.25) is 0 Å². The maximum Gasteiger partial charge on any atom is 0.618 e. The number of halogens is 2. The van der Waals surface area contributed by atoms with Crippen LogP contribution in [0.25, 0.3) is 0 Å². The van der Waals surface area contributed by atoms with Crippen molar-refractivity contribution in [3.63, 3.8) is 0 Å². The summed E-state index contributed by atoms with van der Waals surface area (Å²) in [6.45, 7) is 8.15. The third kappa shape index (κ3) is 26.7. The Kier molecular flexibility index (Phi) is 17.4. The topological polar surface area (TPSA) is 0 Å². The summed E-state index contributed by atoms with van der Waals surface area (Å²) < 4.78 is 0. The van der Waals surface area contributed by atoms with Crippen molar-refractivity contribution in [2.24, 2.45) is 5.92 Å². The van der Waals surface area contributed by atoms with Gasteiger partial charge in [0.2, 0.25) is 0 Å². The van der Waals surface area contributed by atoms with Gasteiger partial charge in [-0.3, -0.25) is 0 Å². The average Bonchev–Trinajstić information content (AvgIpc) is 1.67. The summed E-state index contributed by atoms with van der Waals surface area (Å²) in [7, 11) is 9.81. The molecule has 0 saturated heterocycles. The van der Waals surface area contributed by atoms with Gasteiger partial charge in [0.1, 0.15) is 0 Å². The van der Waals surface area contributed by atoms with E-state index in [9.17, 15) is 0 Å². The molecule has 0 aliphatic carbocycles. The van der Waals surface area contributed by atoms with Gasteiger partial charge in [-0.15, -0.1) is 0 Å². The number of hydrogen-bond acceptors (Lipinski definition) is 0. The molecule has 3 heteroatoms. The van der Waals surface area contributed by atoms with Crippen molar-refractivity contribution >= 4 is 36.3 Å². The van der Waals surface area contributed by atoms with E-state index in [1.54, 1.807) is 0 Å². The van der Waals surface area contributed by atoms with E-state index >= 15 is 0 Å². The van der Waals surface area contributed by atoms with Crippen molar-refractivity contribution in [1.82, 2.24) is 0 Å². The molecule has 0 atom stereocenters. The van der Waals surface area contributed by atoms with Crippen LogP contribution in [0.4, 0.5) is 0 Å². The van der Waals surface area contributed by atoms with Crippen LogP contribution in [0.3, 0.4) is 0 Å². The van der Waals surface area contributed by atoms with Crippen molar-refractivity contribution in [3.8, 4) is 0 Å². The zero-order valence-corrected chi connectivity index (χ0v) is 9.09. The fourth-order valence-electron chi connectivity index (χ4n) is 0.408. The third-order valence-electron chi connectivity index (χ3n) is 0.781. The summed E-state index contributed by atoms with van der Waals surface area (Å²) in [4.78, 5) is 0. The highest BCUT2D eigenvalue weighted by molar-refractivity contribution is 7.22. The Morgan fingerprint density at radius 2 is 1.78 bits per heavy atom. The minimum absolute atomic E-state index is 0.639. The smallest absolute Gasteiger partial charge is 0.309 e. The highest BCUT2D eigenvalue weighted by atomic mass is 35.6. The lowest BCUT2D eigenvalue weighted by molar-refractivity contribution is 0.593. The summed E-state index contributed by atoms with van der Waals surface area (Å²) in [6.07, 6.45) is 2.34. The first-order valence-corrected chi connectivity index (χ1v) is 7.37. The molecule has 1 radical (unpaired) electrons. The lowest BCUT2D eigenvalue weighted by Gasteiger charge is -1.95. The van der Waals surface area contributed by atoms with Gasteiger partial charge in [0.05, 0.1) is 0 Å². The average molecular weight is 180 g/mol. The molecule has 0 aromatic carbocycles. The van der Waals surface area contributed by atoms with Crippen LogP contribution in [0.1, 0.15) is 26.7 Å². The minimum Gasteiger partial charge on any atom is -0.309 e. The first kappa shape index (κ1) is 13.0. The molecule has 9 heavy (non-hydrogen) atoms. The molecule has 0 spiro atoms. The summed E-state index contributed by atoms with van der Waals surface area (Å²) >= 11 is -0.639. The van der Waals surface area contributed by atoms with E-state index in [1.807, 2.05) is 0 Å². The molecule has 0 heterocycles. The Balaban J connectivity index is 0. The second-order valence-electron chi connectivity index (χ2n) is 2.14. The Morgan fingerprint density at radius 1 is 1.44 bits per heavy atom. The van der Waals surface area contributed by atoms with E-state index in [0.29, 0.717) is 0 Å². The van der Waals surface area contributed by atoms with E-state index in [0.717, 1.165) is 12.3 Å². The summed E-state index contributed by atoms with van der Waals surface area (Å²) in [6, 6.07) is 0.